The van der Waals surface area contributed by atoms with Crippen molar-refractivity contribution >= 4 is 0 Å². The monoisotopic (exact) mass is 277 g/mol. The fourth-order valence-corrected chi connectivity index (χ4v) is 2.39. The van der Waals surface area contributed by atoms with Crippen molar-refractivity contribution in [2.75, 3.05) is 6.54 Å². The van der Waals surface area contributed by atoms with Crippen LogP contribution in [-0.4, -0.2) is 18.7 Å². The van der Waals surface area contributed by atoms with Gasteiger partial charge in [-0.25, -0.2) is 0 Å². The van der Waals surface area contributed by atoms with Crippen LogP contribution in [0, 0.1) is 5.92 Å². The number of benzene rings is 1. The number of hydrogen-bond acceptors (Lipinski definition) is 2. The molecule has 0 radical (unpaired) electrons. The summed E-state index contributed by atoms with van der Waals surface area (Å²) in [7, 11) is 0. The number of rotatable bonds is 9. The number of nitrogens with one attached hydrogen (secondary N) is 1. The third-order valence-electron chi connectivity index (χ3n) is 3.52. The predicted molar refractivity (Wildman–Crippen MR) is 87.4 cm³/mol. The number of hydrogen-bond donors (Lipinski definition) is 1. The summed E-state index contributed by atoms with van der Waals surface area (Å²) in [5.74, 6) is 1.71. The van der Waals surface area contributed by atoms with Crippen LogP contribution in [0.15, 0.2) is 24.3 Å². The van der Waals surface area contributed by atoms with Gasteiger partial charge in [0, 0.05) is 6.04 Å². The number of aryl methyl sites for hydroxylation is 1. The first-order chi connectivity index (χ1) is 9.54. The SMILES string of the molecule is CCCNC(CCc1ccccc1OC(C)C)C(C)C. The second kappa shape index (κ2) is 9.02. The molecule has 0 saturated carbocycles. The summed E-state index contributed by atoms with van der Waals surface area (Å²) in [6, 6.07) is 9.01. The van der Waals surface area contributed by atoms with Gasteiger partial charge in [-0.1, -0.05) is 39.0 Å². The molecule has 20 heavy (non-hydrogen) atoms. The molecule has 1 unspecified atom stereocenters. The smallest absolute Gasteiger partial charge is 0.122 e. The van der Waals surface area contributed by atoms with Crippen LogP contribution in [0.25, 0.3) is 0 Å². The summed E-state index contributed by atoms with van der Waals surface area (Å²) >= 11 is 0. The van der Waals surface area contributed by atoms with Gasteiger partial charge in [-0.2, -0.15) is 0 Å². The van der Waals surface area contributed by atoms with E-state index < -0.39 is 0 Å². The van der Waals surface area contributed by atoms with Crippen molar-refractivity contribution in [3.63, 3.8) is 0 Å². The van der Waals surface area contributed by atoms with Crippen LogP contribution in [0.2, 0.25) is 0 Å². The van der Waals surface area contributed by atoms with Crippen LogP contribution in [0.1, 0.15) is 53.0 Å². The molecule has 2 nitrogen and oxygen atoms in total. The molecule has 1 N–H and O–H groups in total. The molecule has 1 aromatic rings. The molecule has 114 valence electrons. The lowest BCUT2D eigenvalue weighted by Crippen LogP contribution is -2.34. The lowest BCUT2D eigenvalue weighted by Gasteiger charge is -2.23. The lowest BCUT2D eigenvalue weighted by atomic mass is 9.96. The first-order valence-electron chi connectivity index (χ1n) is 8.02. The Labute approximate surface area is 124 Å². The van der Waals surface area contributed by atoms with Crippen molar-refractivity contribution in [3.8, 4) is 5.75 Å². The Hall–Kier alpha value is -1.02. The molecule has 2 heteroatoms. The van der Waals surface area contributed by atoms with Gasteiger partial charge >= 0.3 is 0 Å². The average molecular weight is 277 g/mol. The highest BCUT2D eigenvalue weighted by Crippen LogP contribution is 2.22. The number of para-hydroxylation sites is 1. The van der Waals surface area contributed by atoms with E-state index in [1.54, 1.807) is 0 Å². The Morgan fingerprint density at radius 3 is 2.40 bits per heavy atom. The van der Waals surface area contributed by atoms with E-state index in [1.807, 2.05) is 0 Å². The van der Waals surface area contributed by atoms with Gasteiger partial charge in [-0.15, -0.1) is 0 Å². The maximum atomic E-state index is 5.90. The minimum Gasteiger partial charge on any atom is -0.491 e. The van der Waals surface area contributed by atoms with E-state index in [2.05, 4.69) is 64.2 Å². The van der Waals surface area contributed by atoms with Gasteiger partial charge in [-0.05, 0) is 57.2 Å². The van der Waals surface area contributed by atoms with E-state index in [0.717, 1.165) is 25.1 Å². The Morgan fingerprint density at radius 1 is 1.10 bits per heavy atom. The Bertz CT molecular complexity index is 373. The molecule has 1 aromatic carbocycles. The van der Waals surface area contributed by atoms with Crippen LogP contribution in [0.3, 0.4) is 0 Å². The second-order valence-electron chi connectivity index (χ2n) is 6.12. The van der Waals surface area contributed by atoms with E-state index in [-0.39, 0.29) is 6.10 Å². The normalized spacial score (nSPS) is 12.9. The molecule has 0 heterocycles. The third kappa shape index (κ3) is 5.96. The van der Waals surface area contributed by atoms with Crippen molar-refractivity contribution in [1.82, 2.24) is 5.32 Å². The maximum Gasteiger partial charge on any atom is 0.122 e. The molecule has 0 aromatic heterocycles. The van der Waals surface area contributed by atoms with Crippen LogP contribution >= 0.6 is 0 Å². The minimum absolute atomic E-state index is 0.232. The Morgan fingerprint density at radius 2 is 1.80 bits per heavy atom. The van der Waals surface area contributed by atoms with Gasteiger partial charge in [0.2, 0.25) is 0 Å². The van der Waals surface area contributed by atoms with E-state index in [4.69, 9.17) is 4.74 Å². The van der Waals surface area contributed by atoms with Crippen molar-refractivity contribution in [2.24, 2.45) is 5.92 Å². The fourth-order valence-electron chi connectivity index (χ4n) is 2.39. The van der Waals surface area contributed by atoms with Crippen molar-refractivity contribution in [1.29, 1.82) is 0 Å². The highest BCUT2D eigenvalue weighted by Gasteiger charge is 2.13. The number of ether oxygens (including phenoxy) is 1. The first-order valence-corrected chi connectivity index (χ1v) is 8.02. The summed E-state index contributed by atoms with van der Waals surface area (Å²) in [6.45, 7) is 12.1. The van der Waals surface area contributed by atoms with E-state index in [1.165, 1.54) is 12.0 Å². The van der Waals surface area contributed by atoms with Crippen LogP contribution in [-0.2, 0) is 6.42 Å². The zero-order valence-electron chi connectivity index (χ0n) is 13.8. The largest absolute Gasteiger partial charge is 0.491 e. The van der Waals surface area contributed by atoms with E-state index in [0.29, 0.717) is 12.0 Å². The van der Waals surface area contributed by atoms with Gasteiger partial charge in [0.25, 0.3) is 0 Å². The molecule has 0 fully saturated rings. The van der Waals surface area contributed by atoms with Gasteiger partial charge in [0.15, 0.2) is 0 Å². The topological polar surface area (TPSA) is 21.3 Å². The van der Waals surface area contributed by atoms with Gasteiger partial charge in [-0.3, -0.25) is 0 Å². The first kappa shape index (κ1) is 17.0. The summed E-state index contributed by atoms with van der Waals surface area (Å²) in [6.07, 6.45) is 3.66. The van der Waals surface area contributed by atoms with E-state index in [9.17, 15) is 0 Å². The lowest BCUT2D eigenvalue weighted by molar-refractivity contribution is 0.239. The molecule has 0 aliphatic heterocycles. The average Bonchev–Trinajstić information content (AvgIpc) is 2.39. The van der Waals surface area contributed by atoms with Crippen molar-refractivity contribution in [3.05, 3.63) is 29.8 Å². The Kier molecular flexibility index (Phi) is 7.68. The zero-order chi connectivity index (χ0) is 15.0. The van der Waals surface area contributed by atoms with Gasteiger partial charge < -0.3 is 10.1 Å². The minimum atomic E-state index is 0.232. The van der Waals surface area contributed by atoms with Crippen molar-refractivity contribution in [2.45, 2.75) is 66.0 Å². The molecular weight excluding hydrogens is 246 g/mol. The maximum absolute atomic E-state index is 5.90. The summed E-state index contributed by atoms with van der Waals surface area (Å²) in [4.78, 5) is 0. The molecule has 0 aliphatic rings. The van der Waals surface area contributed by atoms with E-state index >= 15 is 0 Å². The molecule has 0 saturated heterocycles. The molecule has 1 rings (SSSR count). The highest BCUT2D eigenvalue weighted by atomic mass is 16.5. The van der Waals surface area contributed by atoms with Crippen LogP contribution in [0.5, 0.6) is 5.75 Å². The molecule has 1 atom stereocenters. The highest BCUT2D eigenvalue weighted by molar-refractivity contribution is 5.33. The Balaban J connectivity index is 2.62. The van der Waals surface area contributed by atoms with Gasteiger partial charge in [0.1, 0.15) is 5.75 Å². The van der Waals surface area contributed by atoms with Crippen LogP contribution < -0.4 is 10.1 Å². The summed E-state index contributed by atoms with van der Waals surface area (Å²) in [5, 5.41) is 3.66. The summed E-state index contributed by atoms with van der Waals surface area (Å²) < 4.78 is 5.90. The predicted octanol–water partition coefficient (Wildman–Crippen LogP) is 4.43. The summed E-state index contributed by atoms with van der Waals surface area (Å²) in [5.41, 5.74) is 1.32. The zero-order valence-corrected chi connectivity index (χ0v) is 13.8. The standard InChI is InChI=1S/C18H31NO/c1-6-13-19-17(14(2)3)12-11-16-9-7-8-10-18(16)20-15(4)5/h7-10,14-15,17,19H,6,11-13H2,1-5H3. The molecule has 0 bridgehead atoms. The molecule has 0 spiro atoms. The third-order valence-corrected chi connectivity index (χ3v) is 3.52. The fraction of sp³-hybridized carbons (Fsp3) is 0.667. The van der Waals surface area contributed by atoms with Gasteiger partial charge in [0.05, 0.1) is 6.10 Å². The molecule has 0 aliphatic carbocycles. The van der Waals surface area contributed by atoms with Crippen LogP contribution in [0.4, 0.5) is 0 Å². The second-order valence-corrected chi connectivity index (χ2v) is 6.12. The van der Waals surface area contributed by atoms with Crippen molar-refractivity contribution < 1.29 is 4.74 Å². The quantitative estimate of drug-likeness (QED) is 0.721. The molecule has 0 amide bonds. The molecular formula is C18H31NO.